The SMILES string of the molecule is CCN(C)c1ncc(CNCCOC)s1. The lowest BCUT2D eigenvalue weighted by Crippen LogP contribution is -2.17. The lowest BCUT2D eigenvalue weighted by atomic mass is 10.5. The normalized spacial score (nSPS) is 10.6. The van der Waals surface area contributed by atoms with E-state index in [-0.39, 0.29) is 0 Å². The molecule has 0 aliphatic carbocycles. The summed E-state index contributed by atoms with van der Waals surface area (Å²) in [5.41, 5.74) is 0. The van der Waals surface area contributed by atoms with E-state index < -0.39 is 0 Å². The van der Waals surface area contributed by atoms with E-state index in [1.54, 1.807) is 18.4 Å². The number of hydrogen-bond acceptors (Lipinski definition) is 5. The molecule has 86 valence electrons. The fourth-order valence-electron chi connectivity index (χ4n) is 1.08. The molecule has 0 aliphatic heterocycles. The maximum Gasteiger partial charge on any atom is 0.185 e. The highest BCUT2D eigenvalue weighted by atomic mass is 32.1. The summed E-state index contributed by atoms with van der Waals surface area (Å²) in [4.78, 5) is 7.77. The second-order valence-corrected chi connectivity index (χ2v) is 4.39. The molecular weight excluding hydrogens is 210 g/mol. The molecule has 0 saturated carbocycles. The molecule has 1 heterocycles. The van der Waals surface area contributed by atoms with E-state index in [2.05, 4.69) is 29.2 Å². The second-order valence-electron chi connectivity index (χ2n) is 3.29. The first-order valence-electron chi connectivity index (χ1n) is 5.13. The van der Waals surface area contributed by atoms with Gasteiger partial charge in [-0.15, -0.1) is 11.3 Å². The van der Waals surface area contributed by atoms with E-state index in [0.29, 0.717) is 0 Å². The lowest BCUT2D eigenvalue weighted by Gasteiger charge is -2.11. The molecule has 15 heavy (non-hydrogen) atoms. The highest BCUT2D eigenvalue weighted by Gasteiger charge is 2.04. The summed E-state index contributed by atoms with van der Waals surface area (Å²) in [5.74, 6) is 0. The summed E-state index contributed by atoms with van der Waals surface area (Å²) in [6, 6.07) is 0. The largest absolute Gasteiger partial charge is 0.383 e. The number of thiazole rings is 1. The summed E-state index contributed by atoms with van der Waals surface area (Å²) < 4.78 is 4.96. The topological polar surface area (TPSA) is 37.4 Å². The van der Waals surface area contributed by atoms with Crippen molar-refractivity contribution >= 4 is 16.5 Å². The average molecular weight is 229 g/mol. The van der Waals surface area contributed by atoms with Gasteiger partial charge in [0.25, 0.3) is 0 Å². The van der Waals surface area contributed by atoms with E-state index in [4.69, 9.17) is 4.74 Å². The van der Waals surface area contributed by atoms with Crippen molar-refractivity contribution in [2.24, 2.45) is 0 Å². The summed E-state index contributed by atoms with van der Waals surface area (Å²) >= 11 is 1.74. The predicted molar refractivity (Wildman–Crippen MR) is 64.6 cm³/mol. The Bertz CT molecular complexity index is 277. The van der Waals surface area contributed by atoms with Crippen LogP contribution >= 0.6 is 11.3 Å². The average Bonchev–Trinajstić information content (AvgIpc) is 2.72. The Morgan fingerprint density at radius 3 is 3.07 bits per heavy atom. The molecule has 0 bridgehead atoms. The minimum absolute atomic E-state index is 0.751. The zero-order chi connectivity index (χ0) is 11.1. The Labute approximate surface area is 95.3 Å². The van der Waals surface area contributed by atoms with Crippen LogP contribution in [0.5, 0.6) is 0 Å². The van der Waals surface area contributed by atoms with Crippen LogP contribution in [0.25, 0.3) is 0 Å². The molecule has 0 radical (unpaired) electrons. The molecule has 0 fully saturated rings. The molecule has 1 aromatic heterocycles. The van der Waals surface area contributed by atoms with Gasteiger partial charge in [0.05, 0.1) is 6.61 Å². The summed E-state index contributed by atoms with van der Waals surface area (Å²) in [6.07, 6.45) is 1.94. The van der Waals surface area contributed by atoms with E-state index >= 15 is 0 Å². The van der Waals surface area contributed by atoms with Gasteiger partial charge in [-0.05, 0) is 6.92 Å². The number of nitrogens with zero attached hydrogens (tertiary/aromatic N) is 2. The van der Waals surface area contributed by atoms with Crippen molar-refractivity contribution < 1.29 is 4.74 Å². The van der Waals surface area contributed by atoms with Crippen molar-refractivity contribution in [1.82, 2.24) is 10.3 Å². The maximum atomic E-state index is 4.96. The van der Waals surface area contributed by atoms with Crippen LogP contribution < -0.4 is 10.2 Å². The van der Waals surface area contributed by atoms with Gasteiger partial charge in [-0.3, -0.25) is 0 Å². The Balaban J connectivity index is 2.33. The number of rotatable bonds is 7. The molecule has 0 unspecified atom stereocenters. The number of hydrogen-bond donors (Lipinski definition) is 1. The van der Waals surface area contributed by atoms with Gasteiger partial charge >= 0.3 is 0 Å². The predicted octanol–water partition coefficient (Wildman–Crippen LogP) is 1.34. The minimum Gasteiger partial charge on any atom is -0.383 e. The molecular formula is C10H19N3OS. The summed E-state index contributed by atoms with van der Waals surface area (Å²) in [5, 5.41) is 4.38. The van der Waals surface area contributed by atoms with Crippen LogP contribution in [0.3, 0.4) is 0 Å². The summed E-state index contributed by atoms with van der Waals surface area (Å²) in [7, 11) is 3.77. The Morgan fingerprint density at radius 1 is 1.60 bits per heavy atom. The zero-order valence-corrected chi connectivity index (χ0v) is 10.4. The van der Waals surface area contributed by atoms with Crippen molar-refractivity contribution in [3.63, 3.8) is 0 Å². The molecule has 5 heteroatoms. The van der Waals surface area contributed by atoms with Crippen LogP contribution in [0.1, 0.15) is 11.8 Å². The third-order valence-corrected chi connectivity index (χ3v) is 3.24. The van der Waals surface area contributed by atoms with Crippen LogP contribution in [0, 0.1) is 0 Å². The quantitative estimate of drug-likeness (QED) is 0.716. The number of aromatic nitrogens is 1. The number of anilines is 1. The molecule has 0 saturated heterocycles. The van der Waals surface area contributed by atoms with Gasteiger partial charge in [0, 0.05) is 44.9 Å². The van der Waals surface area contributed by atoms with Crippen LogP contribution in [0.15, 0.2) is 6.20 Å². The molecule has 0 amide bonds. The standard InChI is InChI=1S/C10H19N3OS/c1-4-13(2)10-12-8-9(15-10)7-11-5-6-14-3/h8,11H,4-7H2,1-3H3. The third kappa shape index (κ3) is 4.15. The van der Waals surface area contributed by atoms with Gasteiger partial charge < -0.3 is 15.0 Å². The molecule has 0 spiro atoms. The van der Waals surface area contributed by atoms with Gasteiger partial charge in [0.1, 0.15) is 0 Å². The van der Waals surface area contributed by atoms with E-state index in [1.807, 2.05) is 6.20 Å². The van der Waals surface area contributed by atoms with Crippen molar-refractivity contribution in [1.29, 1.82) is 0 Å². The Hall–Kier alpha value is -0.650. The van der Waals surface area contributed by atoms with Crippen molar-refractivity contribution in [3.8, 4) is 0 Å². The van der Waals surface area contributed by atoms with Gasteiger partial charge in [0.15, 0.2) is 5.13 Å². The van der Waals surface area contributed by atoms with Crippen molar-refractivity contribution in [2.45, 2.75) is 13.5 Å². The van der Waals surface area contributed by atoms with E-state index in [0.717, 1.165) is 31.4 Å². The van der Waals surface area contributed by atoms with Gasteiger partial charge in [-0.1, -0.05) is 0 Å². The molecule has 1 N–H and O–H groups in total. The molecule has 1 rings (SSSR count). The first kappa shape index (κ1) is 12.4. The molecule has 1 aromatic rings. The first-order valence-corrected chi connectivity index (χ1v) is 5.95. The van der Waals surface area contributed by atoms with Crippen molar-refractivity contribution in [2.75, 3.05) is 38.8 Å². The van der Waals surface area contributed by atoms with Gasteiger partial charge in [-0.25, -0.2) is 4.98 Å². The van der Waals surface area contributed by atoms with Crippen LogP contribution in [0.2, 0.25) is 0 Å². The van der Waals surface area contributed by atoms with Crippen LogP contribution in [-0.4, -0.2) is 38.8 Å². The molecule has 0 aliphatic rings. The molecule has 4 nitrogen and oxygen atoms in total. The highest BCUT2D eigenvalue weighted by molar-refractivity contribution is 7.15. The highest BCUT2D eigenvalue weighted by Crippen LogP contribution is 2.20. The maximum absolute atomic E-state index is 4.96. The van der Waals surface area contributed by atoms with Gasteiger partial charge in [0.2, 0.25) is 0 Å². The summed E-state index contributed by atoms with van der Waals surface area (Å²) in [6.45, 7) is 5.62. The fraction of sp³-hybridized carbons (Fsp3) is 0.700. The third-order valence-electron chi connectivity index (χ3n) is 2.12. The van der Waals surface area contributed by atoms with E-state index in [1.165, 1.54) is 4.88 Å². The van der Waals surface area contributed by atoms with E-state index in [9.17, 15) is 0 Å². The Morgan fingerprint density at radius 2 is 2.40 bits per heavy atom. The molecule has 0 aromatic carbocycles. The number of ether oxygens (including phenoxy) is 1. The van der Waals surface area contributed by atoms with Crippen LogP contribution in [0.4, 0.5) is 5.13 Å². The minimum atomic E-state index is 0.751. The van der Waals surface area contributed by atoms with Crippen molar-refractivity contribution in [3.05, 3.63) is 11.1 Å². The van der Waals surface area contributed by atoms with Gasteiger partial charge in [-0.2, -0.15) is 0 Å². The monoisotopic (exact) mass is 229 g/mol. The lowest BCUT2D eigenvalue weighted by molar-refractivity contribution is 0.199. The number of methoxy groups -OCH3 is 1. The fourth-order valence-corrected chi connectivity index (χ4v) is 1.98. The molecule has 0 atom stereocenters. The van der Waals surface area contributed by atoms with Crippen LogP contribution in [-0.2, 0) is 11.3 Å². The first-order chi connectivity index (χ1) is 7.27. The smallest absolute Gasteiger partial charge is 0.185 e. The number of nitrogens with one attached hydrogen (secondary N) is 1. The zero-order valence-electron chi connectivity index (χ0n) is 9.62. The second kappa shape index (κ2) is 6.76. The Kier molecular flexibility index (Phi) is 5.60.